The number of carbonyl (C=O) groups excluding carboxylic acids is 1. The molecule has 4 nitrogen and oxygen atoms in total. The average Bonchev–Trinajstić information content (AvgIpc) is 2.65. The Labute approximate surface area is 140 Å². The second kappa shape index (κ2) is 7.53. The van der Waals surface area contributed by atoms with E-state index in [4.69, 9.17) is 5.21 Å². The topological polar surface area (TPSA) is 62.2 Å². The van der Waals surface area contributed by atoms with E-state index in [0.29, 0.717) is 0 Å². The number of amides is 1. The number of hydroxylamine groups is 1. The number of pyridine rings is 1. The van der Waals surface area contributed by atoms with Gasteiger partial charge in [0, 0.05) is 17.7 Å². The Balaban J connectivity index is 1.63. The van der Waals surface area contributed by atoms with Gasteiger partial charge in [0.25, 0.3) is 5.91 Å². The molecule has 2 N–H and O–H groups in total. The van der Waals surface area contributed by atoms with Crippen LogP contribution in [0.2, 0.25) is 0 Å². The van der Waals surface area contributed by atoms with Crippen molar-refractivity contribution < 1.29 is 10.0 Å². The van der Waals surface area contributed by atoms with E-state index in [-0.39, 0.29) is 0 Å². The summed E-state index contributed by atoms with van der Waals surface area (Å²) < 4.78 is 0. The van der Waals surface area contributed by atoms with Gasteiger partial charge in [0.2, 0.25) is 0 Å². The van der Waals surface area contributed by atoms with Crippen molar-refractivity contribution in [3.63, 3.8) is 0 Å². The molecule has 0 saturated carbocycles. The highest BCUT2D eigenvalue weighted by molar-refractivity contribution is 5.90. The lowest BCUT2D eigenvalue weighted by Gasteiger charge is -2.05. The predicted molar refractivity (Wildman–Crippen MR) is 94.6 cm³/mol. The van der Waals surface area contributed by atoms with E-state index in [1.165, 1.54) is 17.2 Å². The van der Waals surface area contributed by atoms with Gasteiger partial charge in [-0.1, -0.05) is 36.4 Å². The molecule has 24 heavy (non-hydrogen) atoms. The maximum atomic E-state index is 11.0. The second-order valence-electron chi connectivity index (χ2n) is 5.58. The first-order chi connectivity index (χ1) is 11.7. The van der Waals surface area contributed by atoms with Crippen LogP contribution in [0.1, 0.15) is 16.7 Å². The smallest absolute Gasteiger partial charge is 0.267 e. The number of benzene rings is 2. The molecule has 0 aliphatic rings. The summed E-state index contributed by atoms with van der Waals surface area (Å²) in [4.78, 5) is 15.3. The van der Waals surface area contributed by atoms with Crippen molar-refractivity contribution in [2.24, 2.45) is 0 Å². The lowest BCUT2D eigenvalue weighted by Crippen LogP contribution is -2.14. The van der Waals surface area contributed by atoms with Gasteiger partial charge in [-0.3, -0.25) is 15.0 Å². The predicted octanol–water partition coefficient (Wildman–Crippen LogP) is 3.54. The molecule has 0 fully saturated rings. The Morgan fingerprint density at radius 1 is 1.04 bits per heavy atom. The van der Waals surface area contributed by atoms with Crippen molar-refractivity contribution in [2.75, 3.05) is 0 Å². The molecule has 0 saturated heterocycles. The zero-order chi connectivity index (χ0) is 16.8. The average molecular weight is 318 g/mol. The maximum Gasteiger partial charge on any atom is 0.267 e. The molecule has 3 aromatic rings. The van der Waals surface area contributed by atoms with Crippen molar-refractivity contribution in [3.8, 4) is 0 Å². The van der Waals surface area contributed by atoms with E-state index >= 15 is 0 Å². The molecule has 0 unspecified atom stereocenters. The summed E-state index contributed by atoms with van der Waals surface area (Å²) in [5.41, 5.74) is 6.03. The van der Waals surface area contributed by atoms with E-state index in [1.807, 2.05) is 24.4 Å². The Hall–Kier alpha value is -2.98. The summed E-state index contributed by atoms with van der Waals surface area (Å²) in [5.74, 6) is -0.537. The highest BCUT2D eigenvalue weighted by Crippen LogP contribution is 2.15. The van der Waals surface area contributed by atoms with Crippen molar-refractivity contribution in [2.45, 2.75) is 12.8 Å². The first-order valence-electron chi connectivity index (χ1n) is 7.79. The normalized spacial score (nSPS) is 11.0. The minimum atomic E-state index is -0.537. The van der Waals surface area contributed by atoms with Crippen LogP contribution in [-0.4, -0.2) is 16.1 Å². The minimum Gasteiger partial charge on any atom is -0.288 e. The van der Waals surface area contributed by atoms with E-state index in [9.17, 15) is 4.79 Å². The number of carbonyl (C=O) groups is 1. The molecule has 120 valence electrons. The standard InChI is InChI=1S/C20H18N2O2/c23-20(22-24)12-10-16-5-3-15(4-6-16)7-8-17-9-11-19-18(14-17)2-1-13-21-19/h1-6,9-14,24H,7-8H2,(H,22,23)/b12-10+. The van der Waals surface area contributed by atoms with Gasteiger partial charge in [0.1, 0.15) is 0 Å². The van der Waals surface area contributed by atoms with Gasteiger partial charge in [-0.15, -0.1) is 0 Å². The number of fused-ring (bicyclic) bond motifs is 1. The van der Waals surface area contributed by atoms with Gasteiger partial charge < -0.3 is 0 Å². The third-order valence-corrected chi connectivity index (χ3v) is 3.89. The number of aromatic nitrogens is 1. The van der Waals surface area contributed by atoms with E-state index < -0.39 is 5.91 Å². The van der Waals surface area contributed by atoms with Gasteiger partial charge in [-0.05, 0) is 53.8 Å². The van der Waals surface area contributed by atoms with E-state index in [1.54, 1.807) is 11.6 Å². The fourth-order valence-corrected chi connectivity index (χ4v) is 2.57. The van der Waals surface area contributed by atoms with Gasteiger partial charge in [-0.2, -0.15) is 0 Å². The number of rotatable bonds is 5. The van der Waals surface area contributed by atoms with E-state index in [2.05, 4.69) is 41.4 Å². The molecule has 0 bridgehead atoms. The third-order valence-electron chi connectivity index (χ3n) is 3.89. The first kappa shape index (κ1) is 15.9. The zero-order valence-corrected chi connectivity index (χ0v) is 13.1. The van der Waals surface area contributed by atoms with Crippen LogP contribution in [0.5, 0.6) is 0 Å². The summed E-state index contributed by atoms with van der Waals surface area (Å²) in [7, 11) is 0. The second-order valence-corrected chi connectivity index (χ2v) is 5.58. The molecule has 4 heteroatoms. The number of nitrogens with one attached hydrogen (secondary N) is 1. The molecule has 1 heterocycles. The quantitative estimate of drug-likeness (QED) is 0.430. The summed E-state index contributed by atoms with van der Waals surface area (Å²) in [6, 6.07) is 18.4. The van der Waals surface area contributed by atoms with Crippen LogP contribution in [0.4, 0.5) is 0 Å². The number of nitrogens with zero attached hydrogens (tertiary/aromatic N) is 1. The molecule has 2 aromatic carbocycles. The monoisotopic (exact) mass is 318 g/mol. The Morgan fingerprint density at radius 3 is 2.58 bits per heavy atom. The van der Waals surface area contributed by atoms with Crippen LogP contribution in [0.25, 0.3) is 17.0 Å². The van der Waals surface area contributed by atoms with Gasteiger partial charge >= 0.3 is 0 Å². The summed E-state index contributed by atoms with van der Waals surface area (Å²) >= 11 is 0. The lowest BCUT2D eigenvalue weighted by molar-refractivity contribution is -0.124. The fraction of sp³-hybridized carbons (Fsp3) is 0.100. The molecule has 0 aliphatic heterocycles. The molecular weight excluding hydrogens is 300 g/mol. The largest absolute Gasteiger partial charge is 0.288 e. The molecule has 0 atom stereocenters. The zero-order valence-electron chi connectivity index (χ0n) is 13.1. The minimum absolute atomic E-state index is 0.537. The number of hydrogen-bond donors (Lipinski definition) is 2. The molecule has 3 rings (SSSR count). The SMILES string of the molecule is O=C(/C=C/c1ccc(CCc2ccc3ncccc3c2)cc1)NO. The van der Waals surface area contributed by atoms with Crippen molar-refractivity contribution >= 4 is 22.9 Å². The summed E-state index contributed by atoms with van der Waals surface area (Å²) in [6.45, 7) is 0. The Bertz CT molecular complexity index is 870. The number of aryl methyl sites for hydroxylation is 2. The molecular formula is C20H18N2O2. The van der Waals surface area contributed by atoms with Crippen LogP contribution in [0.3, 0.4) is 0 Å². The molecule has 1 aromatic heterocycles. The maximum absolute atomic E-state index is 11.0. The molecule has 0 spiro atoms. The lowest BCUT2D eigenvalue weighted by atomic mass is 10.0. The van der Waals surface area contributed by atoms with Gasteiger partial charge in [0.15, 0.2) is 0 Å². The summed E-state index contributed by atoms with van der Waals surface area (Å²) in [6.07, 6.45) is 6.67. The Kier molecular flexibility index (Phi) is 4.99. The van der Waals surface area contributed by atoms with Crippen LogP contribution >= 0.6 is 0 Å². The highest BCUT2D eigenvalue weighted by Gasteiger charge is 1.99. The van der Waals surface area contributed by atoms with Crippen molar-refractivity contribution in [3.05, 3.63) is 83.6 Å². The number of hydrogen-bond acceptors (Lipinski definition) is 3. The Morgan fingerprint density at radius 2 is 1.79 bits per heavy atom. The fourth-order valence-electron chi connectivity index (χ4n) is 2.57. The van der Waals surface area contributed by atoms with Gasteiger partial charge in [-0.25, -0.2) is 5.48 Å². The highest BCUT2D eigenvalue weighted by atomic mass is 16.5. The molecule has 0 radical (unpaired) electrons. The third kappa shape index (κ3) is 4.06. The van der Waals surface area contributed by atoms with Crippen molar-refractivity contribution in [1.29, 1.82) is 0 Å². The first-order valence-corrected chi connectivity index (χ1v) is 7.79. The van der Waals surface area contributed by atoms with Crippen LogP contribution in [0, 0.1) is 0 Å². The van der Waals surface area contributed by atoms with Crippen molar-refractivity contribution in [1.82, 2.24) is 10.5 Å². The van der Waals surface area contributed by atoms with Crippen LogP contribution in [0.15, 0.2) is 66.9 Å². The molecule has 0 aliphatic carbocycles. The van der Waals surface area contributed by atoms with Gasteiger partial charge in [0.05, 0.1) is 5.52 Å². The van der Waals surface area contributed by atoms with Crippen LogP contribution in [-0.2, 0) is 17.6 Å². The summed E-state index contributed by atoms with van der Waals surface area (Å²) in [5, 5.41) is 9.61. The molecule has 1 amide bonds. The van der Waals surface area contributed by atoms with E-state index in [0.717, 1.165) is 29.3 Å². The van der Waals surface area contributed by atoms with Crippen LogP contribution < -0.4 is 5.48 Å².